The molecule has 1 aliphatic carbocycles. The summed E-state index contributed by atoms with van der Waals surface area (Å²) in [6.07, 6.45) is 0.910. The number of nitrogens with zero attached hydrogens (tertiary/aromatic N) is 2. The number of para-hydroxylation sites is 3. The van der Waals surface area contributed by atoms with Crippen molar-refractivity contribution in [3.05, 3.63) is 179 Å². The topological polar surface area (TPSA) is 26.4 Å². The highest BCUT2D eigenvalue weighted by Crippen LogP contribution is 2.47. The van der Waals surface area contributed by atoms with Gasteiger partial charge in [0.15, 0.2) is 0 Å². The average Bonchev–Trinajstić information content (AvgIpc) is 3.66. The summed E-state index contributed by atoms with van der Waals surface area (Å²) in [4.78, 5) is 13.9. The number of hydrogen-bond acceptors (Lipinski definition) is 1. The van der Waals surface area contributed by atoms with Gasteiger partial charge in [-0.05, 0) is 88.2 Å². The summed E-state index contributed by atoms with van der Waals surface area (Å²) in [5, 5.41) is 7.72. The molecule has 7 aromatic carbocycles. The molecule has 0 amide bonds. The van der Waals surface area contributed by atoms with Gasteiger partial charge < -0.3 is 4.57 Å². The fraction of sp³-hybridized carbons (Fsp3) is 0.0444. The summed E-state index contributed by atoms with van der Waals surface area (Å²) in [6, 6.07) is 54.5. The van der Waals surface area contributed by atoms with E-state index < -0.39 is 0 Å². The van der Waals surface area contributed by atoms with Gasteiger partial charge in [-0.15, -0.1) is 0 Å². The third-order valence-corrected chi connectivity index (χ3v) is 10.8. The molecule has 48 heavy (non-hydrogen) atoms. The van der Waals surface area contributed by atoms with Crippen LogP contribution in [0.5, 0.6) is 0 Å². The van der Waals surface area contributed by atoms with E-state index in [0.717, 1.165) is 44.4 Å². The van der Waals surface area contributed by atoms with Crippen LogP contribution in [0.4, 0.5) is 0 Å². The van der Waals surface area contributed by atoms with Crippen molar-refractivity contribution in [2.75, 3.05) is 0 Å². The zero-order chi connectivity index (χ0) is 31.5. The van der Waals surface area contributed by atoms with Gasteiger partial charge in [0, 0.05) is 43.9 Å². The predicted molar refractivity (Wildman–Crippen MR) is 199 cm³/mol. The Bertz CT molecular complexity index is 3000. The van der Waals surface area contributed by atoms with Gasteiger partial charge in [-0.1, -0.05) is 103 Å². The lowest BCUT2D eigenvalue weighted by Crippen LogP contribution is -2.13. The Morgan fingerprint density at radius 3 is 2.04 bits per heavy atom. The molecule has 0 fully saturated rings. The molecule has 0 N–H and O–H groups in total. The van der Waals surface area contributed by atoms with Crippen LogP contribution >= 0.6 is 0 Å². The highest BCUT2D eigenvalue weighted by molar-refractivity contribution is 6.20. The molecule has 11 rings (SSSR count). The number of benzene rings is 7. The molecule has 0 saturated carbocycles. The summed E-state index contributed by atoms with van der Waals surface area (Å²) in [5.74, 6) is 0.192. The maximum Gasteiger partial charge on any atom is 0.263 e. The van der Waals surface area contributed by atoms with Crippen molar-refractivity contribution in [2.24, 2.45) is 0 Å². The zero-order valence-electron chi connectivity index (χ0n) is 26.0. The molecular formula is C45H28N2O. The van der Waals surface area contributed by atoms with E-state index in [1.165, 1.54) is 55.3 Å². The molecule has 0 radical (unpaired) electrons. The lowest BCUT2D eigenvalue weighted by molar-refractivity contribution is 0.796. The van der Waals surface area contributed by atoms with Crippen molar-refractivity contribution >= 4 is 59.8 Å². The molecule has 0 bridgehead atoms. The van der Waals surface area contributed by atoms with Crippen molar-refractivity contribution < 1.29 is 0 Å². The first-order chi connectivity index (χ1) is 23.7. The second kappa shape index (κ2) is 9.43. The molecule has 0 spiro atoms. The summed E-state index contributed by atoms with van der Waals surface area (Å²) in [5.41, 5.74) is 12.3. The fourth-order valence-corrected chi connectivity index (χ4v) is 8.76. The Morgan fingerprint density at radius 2 is 1.17 bits per heavy atom. The van der Waals surface area contributed by atoms with Crippen LogP contribution in [0.25, 0.3) is 76.6 Å². The zero-order valence-corrected chi connectivity index (χ0v) is 26.0. The third kappa shape index (κ3) is 3.35. The van der Waals surface area contributed by atoms with Gasteiger partial charge in [0.05, 0.1) is 22.1 Å². The molecule has 3 heteroatoms. The first-order valence-electron chi connectivity index (χ1n) is 16.7. The second-order valence-corrected chi connectivity index (χ2v) is 13.2. The monoisotopic (exact) mass is 612 g/mol. The first-order valence-corrected chi connectivity index (χ1v) is 16.7. The van der Waals surface area contributed by atoms with E-state index in [4.69, 9.17) is 0 Å². The summed E-state index contributed by atoms with van der Waals surface area (Å²) < 4.78 is 4.35. The van der Waals surface area contributed by atoms with E-state index in [0.29, 0.717) is 0 Å². The van der Waals surface area contributed by atoms with E-state index in [1.54, 1.807) is 0 Å². The second-order valence-electron chi connectivity index (χ2n) is 13.2. The molecule has 1 aliphatic rings. The number of pyridine rings is 1. The van der Waals surface area contributed by atoms with Crippen LogP contribution in [-0.2, 0) is 6.42 Å². The summed E-state index contributed by atoms with van der Waals surface area (Å²) in [6.45, 7) is 0. The Labute approximate surface area is 275 Å². The molecular weight excluding hydrogens is 585 g/mol. The number of fused-ring (bicyclic) bond motifs is 11. The van der Waals surface area contributed by atoms with Crippen LogP contribution < -0.4 is 5.56 Å². The molecule has 1 unspecified atom stereocenters. The molecule has 3 nitrogen and oxygen atoms in total. The quantitative estimate of drug-likeness (QED) is 0.178. The molecule has 3 aromatic heterocycles. The minimum absolute atomic E-state index is 0.0488. The normalized spacial score (nSPS) is 14.5. The van der Waals surface area contributed by atoms with Crippen LogP contribution in [-0.4, -0.2) is 8.97 Å². The van der Waals surface area contributed by atoms with Crippen LogP contribution in [0.3, 0.4) is 0 Å². The lowest BCUT2D eigenvalue weighted by atomic mass is 9.75. The first kappa shape index (κ1) is 25.9. The van der Waals surface area contributed by atoms with E-state index in [1.807, 2.05) is 22.6 Å². The van der Waals surface area contributed by atoms with Crippen molar-refractivity contribution in [3.8, 4) is 16.8 Å². The number of aromatic nitrogens is 2. The van der Waals surface area contributed by atoms with Crippen molar-refractivity contribution in [1.29, 1.82) is 0 Å². The molecule has 224 valence electrons. The van der Waals surface area contributed by atoms with E-state index >= 15 is 0 Å². The van der Waals surface area contributed by atoms with Gasteiger partial charge >= 0.3 is 0 Å². The largest absolute Gasteiger partial charge is 0.309 e. The number of rotatable bonds is 2. The van der Waals surface area contributed by atoms with Crippen molar-refractivity contribution in [2.45, 2.75) is 12.3 Å². The van der Waals surface area contributed by atoms with Crippen LogP contribution in [0.15, 0.2) is 156 Å². The van der Waals surface area contributed by atoms with E-state index in [9.17, 15) is 4.79 Å². The van der Waals surface area contributed by atoms with Gasteiger partial charge in [0.1, 0.15) is 0 Å². The standard InChI is InChI=1S/C45H28N2O/c48-45-36-17-7-6-15-32(36)34-18-10-19-35-40-23-27(21-22-42(40)47(45)44(34)35)37-24-28-25-39-33-16-8-9-20-41(33)46(29-11-2-1-3-12-29)43(39)26-38(28)31-14-5-4-13-30(31)37/h1-23,25-26,37H,24H2. The Kier molecular flexibility index (Phi) is 5.10. The lowest BCUT2D eigenvalue weighted by Gasteiger charge is -2.29. The fourth-order valence-electron chi connectivity index (χ4n) is 8.76. The Morgan fingerprint density at radius 1 is 0.479 bits per heavy atom. The highest BCUT2D eigenvalue weighted by Gasteiger charge is 2.28. The molecule has 10 aromatic rings. The maximum atomic E-state index is 13.9. The van der Waals surface area contributed by atoms with Crippen LogP contribution in [0.1, 0.15) is 22.6 Å². The van der Waals surface area contributed by atoms with Gasteiger partial charge in [-0.25, -0.2) is 0 Å². The maximum absolute atomic E-state index is 13.9. The Balaban J connectivity index is 1.15. The number of hydrogen-bond donors (Lipinski definition) is 0. The van der Waals surface area contributed by atoms with Gasteiger partial charge in [0.2, 0.25) is 0 Å². The van der Waals surface area contributed by atoms with Gasteiger partial charge in [0.25, 0.3) is 5.56 Å². The molecule has 0 saturated heterocycles. The predicted octanol–water partition coefficient (Wildman–Crippen LogP) is 10.6. The SMILES string of the molecule is O=c1c2ccccc2c2cccc3c4cc(C5Cc6cc7c8ccccc8n(-c8ccccc8)c7cc6-c6ccccc65)ccc4n1c23. The summed E-state index contributed by atoms with van der Waals surface area (Å²) in [7, 11) is 0. The van der Waals surface area contributed by atoms with Crippen molar-refractivity contribution in [3.63, 3.8) is 0 Å². The average molecular weight is 613 g/mol. The minimum Gasteiger partial charge on any atom is -0.309 e. The van der Waals surface area contributed by atoms with Crippen molar-refractivity contribution in [1.82, 2.24) is 8.97 Å². The molecule has 3 heterocycles. The van der Waals surface area contributed by atoms with E-state index in [2.05, 4.69) is 138 Å². The highest BCUT2D eigenvalue weighted by atomic mass is 16.1. The third-order valence-electron chi connectivity index (χ3n) is 10.8. The van der Waals surface area contributed by atoms with Crippen LogP contribution in [0, 0.1) is 0 Å². The smallest absolute Gasteiger partial charge is 0.263 e. The Hall–Kier alpha value is -6.19. The minimum atomic E-state index is 0.0488. The molecule has 1 atom stereocenters. The van der Waals surface area contributed by atoms with E-state index in [-0.39, 0.29) is 11.5 Å². The molecule has 0 aliphatic heterocycles. The summed E-state index contributed by atoms with van der Waals surface area (Å²) >= 11 is 0. The van der Waals surface area contributed by atoms with Crippen LogP contribution in [0.2, 0.25) is 0 Å². The van der Waals surface area contributed by atoms with Gasteiger partial charge in [-0.2, -0.15) is 0 Å². The van der Waals surface area contributed by atoms with Gasteiger partial charge in [-0.3, -0.25) is 9.20 Å².